The van der Waals surface area contributed by atoms with Gasteiger partial charge >= 0.3 is 0 Å². The van der Waals surface area contributed by atoms with Gasteiger partial charge in [-0.25, -0.2) is 8.78 Å². The predicted octanol–water partition coefficient (Wildman–Crippen LogP) is 2.41. The van der Waals surface area contributed by atoms with E-state index in [1.165, 1.54) is 12.1 Å². The summed E-state index contributed by atoms with van der Waals surface area (Å²) in [5.41, 5.74) is 0.0255. The van der Waals surface area contributed by atoms with Crippen LogP contribution in [0, 0.1) is 11.6 Å². The van der Waals surface area contributed by atoms with E-state index in [0.29, 0.717) is 6.42 Å². The van der Waals surface area contributed by atoms with E-state index in [-0.39, 0.29) is 5.56 Å². The van der Waals surface area contributed by atoms with E-state index in [9.17, 15) is 13.9 Å². The molecule has 0 saturated carbocycles. The molecular formula is C9H10F2O. The Bertz CT molecular complexity index is 273. The van der Waals surface area contributed by atoms with Gasteiger partial charge in [0, 0.05) is 5.56 Å². The molecule has 0 fully saturated rings. The van der Waals surface area contributed by atoms with Gasteiger partial charge in [0.15, 0.2) is 11.6 Å². The van der Waals surface area contributed by atoms with E-state index >= 15 is 0 Å². The summed E-state index contributed by atoms with van der Waals surface area (Å²) in [4.78, 5) is 0. The van der Waals surface area contributed by atoms with E-state index in [1.54, 1.807) is 6.92 Å². The fraction of sp³-hybridized carbons (Fsp3) is 0.333. The second-order valence-corrected chi connectivity index (χ2v) is 2.57. The zero-order chi connectivity index (χ0) is 9.14. The molecular weight excluding hydrogens is 162 g/mol. The monoisotopic (exact) mass is 172 g/mol. The molecule has 1 aromatic carbocycles. The van der Waals surface area contributed by atoms with Crippen molar-refractivity contribution in [3.05, 3.63) is 35.4 Å². The molecule has 0 bridgehead atoms. The molecule has 1 rings (SSSR count). The van der Waals surface area contributed by atoms with Gasteiger partial charge in [0.1, 0.15) is 0 Å². The summed E-state index contributed by atoms with van der Waals surface area (Å²) in [5.74, 6) is -1.87. The number of aliphatic hydroxyl groups is 1. The van der Waals surface area contributed by atoms with Crippen molar-refractivity contribution in [2.45, 2.75) is 19.4 Å². The molecule has 1 atom stereocenters. The number of aliphatic hydroxyl groups excluding tert-OH is 1. The molecule has 3 heteroatoms. The third-order valence-electron chi connectivity index (χ3n) is 1.73. The minimum Gasteiger partial charge on any atom is -0.388 e. The van der Waals surface area contributed by atoms with Gasteiger partial charge in [-0.05, 0) is 12.5 Å². The third-order valence-corrected chi connectivity index (χ3v) is 1.73. The van der Waals surface area contributed by atoms with Crippen LogP contribution >= 0.6 is 0 Å². The fourth-order valence-electron chi connectivity index (χ4n) is 0.998. The van der Waals surface area contributed by atoms with Crippen LogP contribution in [0.25, 0.3) is 0 Å². The zero-order valence-electron chi connectivity index (χ0n) is 6.72. The Morgan fingerprint density at radius 3 is 2.67 bits per heavy atom. The first kappa shape index (κ1) is 9.13. The normalized spacial score (nSPS) is 13.0. The summed E-state index contributed by atoms with van der Waals surface area (Å²) in [6, 6.07) is 3.79. The highest BCUT2D eigenvalue weighted by atomic mass is 19.2. The molecule has 1 unspecified atom stereocenters. The smallest absolute Gasteiger partial charge is 0.164 e. The summed E-state index contributed by atoms with van der Waals surface area (Å²) in [6.07, 6.45) is -0.541. The number of halogens is 2. The van der Waals surface area contributed by atoms with Crippen molar-refractivity contribution >= 4 is 0 Å². The van der Waals surface area contributed by atoms with Crippen LogP contribution in [0.4, 0.5) is 8.78 Å². The third kappa shape index (κ3) is 1.61. The predicted molar refractivity (Wildman–Crippen MR) is 41.6 cm³/mol. The maximum absolute atomic E-state index is 12.9. The Hall–Kier alpha value is -0.960. The van der Waals surface area contributed by atoms with E-state index in [2.05, 4.69) is 0 Å². The summed E-state index contributed by atoms with van der Waals surface area (Å²) in [5, 5.41) is 9.23. The Morgan fingerprint density at radius 1 is 1.42 bits per heavy atom. The van der Waals surface area contributed by atoms with Crippen molar-refractivity contribution in [2.75, 3.05) is 0 Å². The molecule has 0 amide bonds. The molecule has 0 aliphatic rings. The molecule has 0 saturated heterocycles. The quantitative estimate of drug-likeness (QED) is 0.726. The lowest BCUT2D eigenvalue weighted by atomic mass is 10.1. The first-order valence-electron chi connectivity index (χ1n) is 3.78. The Balaban J connectivity index is 3.07. The zero-order valence-corrected chi connectivity index (χ0v) is 6.72. The molecule has 1 nitrogen and oxygen atoms in total. The minimum atomic E-state index is -0.952. The molecule has 12 heavy (non-hydrogen) atoms. The molecule has 0 aliphatic carbocycles. The van der Waals surface area contributed by atoms with Crippen molar-refractivity contribution in [3.8, 4) is 0 Å². The second kappa shape index (κ2) is 3.63. The summed E-state index contributed by atoms with van der Waals surface area (Å²) in [6.45, 7) is 1.70. The van der Waals surface area contributed by atoms with E-state index in [0.717, 1.165) is 6.07 Å². The molecule has 0 spiro atoms. The fourth-order valence-corrected chi connectivity index (χ4v) is 0.998. The van der Waals surface area contributed by atoms with E-state index in [1.807, 2.05) is 0 Å². The average molecular weight is 172 g/mol. The summed E-state index contributed by atoms with van der Waals surface area (Å²) >= 11 is 0. The minimum absolute atomic E-state index is 0.0255. The van der Waals surface area contributed by atoms with Gasteiger partial charge in [-0.1, -0.05) is 19.1 Å². The largest absolute Gasteiger partial charge is 0.388 e. The van der Waals surface area contributed by atoms with Crippen molar-refractivity contribution in [3.63, 3.8) is 0 Å². The molecule has 66 valence electrons. The van der Waals surface area contributed by atoms with Crippen LogP contribution in [0.5, 0.6) is 0 Å². The highest BCUT2D eigenvalue weighted by molar-refractivity contribution is 5.20. The van der Waals surface area contributed by atoms with E-state index < -0.39 is 17.7 Å². The Kier molecular flexibility index (Phi) is 2.76. The van der Waals surface area contributed by atoms with Crippen molar-refractivity contribution in [1.29, 1.82) is 0 Å². The van der Waals surface area contributed by atoms with Crippen molar-refractivity contribution in [2.24, 2.45) is 0 Å². The average Bonchev–Trinajstić information content (AvgIpc) is 2.08. The number of hydrogen-bond donors (Lipinski definition) is 1. The molecule has 0 aliphatic heterocycles. The molecule has 0 aromatic heterocycles. The SMILES string of the molecule is CCC(O)c1cccc(F)c1F. The number of benzene rings is 1. The van der Waals surface area contributed by atoms with E-state index in [4.69, 9.17) is 0 Å². The number of hydrogen-bond acceptors (Lipinski definition) is 1. The van der Waals surface area contributed by atoms with Crippen molar-refractivity contribution in [1.82, 2.24) is 0 Å². The van der Waals surface area contributed by atoms with Crippen molar-refractivity contribution < 1.29 is 13.9 Å². The lowest BCUT2D eigenvalue weighted by Gasteiger charge is -2.08. The van der Waals surface area contributed by atoms with Gasteiger partial charge in [-0.15, -0.1) is 0 Å². The van der Waals surface area contributed by atoms with Gasteiger partial charge in [-0.3, -0.25) is 0 Å². The van der Waals surface area contributed by atoms with Gasteiger partial charge in [-0.2, -0.15) is 0 Å². The van der Waals surface area contributed by atoms with Gasteiger partial charge in [0.2, 0.25) is 0 Å². The van der Waals surface area contributed by atoms with Gasteiger partial charge < -0.3 is 5.11 Å². The lowest BCUT2D eigenvalue weighted by molar-refractivity contribution is 0.167. The van der Waals surface area contributed by atoms with Crippen LogP contribution in [0.2, 0.25) is 0 Å². The van der Waals surface area contributed by atoms with Crippen LogP contribution in [-0.4, -0.2) is 5.11 Å². The van der Waals surface area contributed by atoms with Crippen LogP contribution in [0.3, 0.4) is 0 Å². The lowest BCUT2D eigenvalue weighted by Crippen LogP contribution is -2.00. The first-order chi connectivity index (χ1) is 5.66. The molecule has 0 radical (unpaired) electrons. The number of rotatable bonds is 2. The highest BCUT2D eigenvalue weighted by Crippen LogP contribution is 2.20. The topological polar surface area (TPSA) is 20.2 Å². The maximum atomic E-state index is 12.9. The van der Waals surface area contributed by atoms with Crippen LogP contribution in [0.15, 0.2) is 18.2 Å². The second-order valence-electron chi connectivity index (χ2n) is 2.57. The highest BCUT2D eigenvalue weighted by Gasteiger charge is 2.13. The van der Waals surface area contributed by atoms with Crippen LogP contribution < -0.4 is 0 Å². The summed E-state index contributed by atoms with van der Waals surface area (Å²) < 4.78 is 25.5. The standard InChI is InChI=1S/C9H10F2O/c1-2-8(12)6-4-3-5-7(10)9(6)11/h3-5,8,12H,2H2,1H3. The van der Waals surface area contributed by atoms with Crippen LogP contribution in [0.1, 0.15) is 25.0 Å². The first-order valence-corrected chi connectivity index (χ1v) is 3.78. The van der Waals surface area contributed by atoms with Crippen LogP contribution in [-0.2, 0) is 0 Å². The molecule has 1 aromatic rings. The summed E-state index contributed by atoms with van der Waals surface area (Å²) in [7, 11) is 0. The van der Waals surface area contributed by atoms with Gasteiger partial charge in [0.05, 0.1) is 6.10 Å². The Morgan fingerprint density at radius 2 is 2.08 bits per heavy atom. The Labute approximate surface area is 69.7 Å². The molecule has 0 heterocycles. The van der Waals surface area contributed by atoms with Gasteiger partial charge in [0.25, 0.3) is 0 Å². The molecule has 1 N–H and O–H groups in total. The maximum Gasteiger partial charge on any atom is 0.164 e.